The summed E-state index contributed by atoms with van der Waals surface area (Å²) in [5.41, 5.74) is -0.325. The van der Waals surface area contributed by atoms with Crippen LogP contribution in [0.2, 0.25) is 0 Å². The molecule has 1 rings (SSSR count). The third-order valence-electron chi connectivity index (χ3n) is 1.55. The second-order valence-electron chi connectivity index (χ2n) is 2.48. The Hall–Kier alpha value is -0.970. The molecule has 1 N–H and O–H groups in total. The molecule has 0 amide bonds. The summed E-state index contributed by atoms with van der Waals surface area (Å²) in [6, 6.07) is 0.936. The van der Waals surface area contributed by atoms with Gasteiger partial charge in [-0.2, -0.15) is 0 Å². The van der Waals surface area contributed by atoms with E-state index in [0.29, 0.717) is 5.56 Å². The van der Waals surface area contributed by atoms with Crippen LogP contribution in [-0.2, 0) is 0 Å². The Kier molecular flexibility index (Phi) is 2.66. The fourth-order valence-electron chi connectivity index (χ4n) is 0.918. The lowest BCUT2D eigenvalue weighted by Crippen LogP contribution is -2.05. The van der Waals surface area contributed by atoms with Crippen LogP contribution in [0.25, 0.3) is 0 Å². The lowest BCUT2D eigenvalue weighted by Gasteiger charge is -2.04. The van der Waals surface area contributed by atoms with Gasteiger partial charge in [0, 0.05) is 4.47 Å². The van der Waals surface area contributed by atoms with Crippen LogP contribution >= 0.6 is 15.9 Å². The number of aromatic carboxylic acids is 1. The molecule has 0 aromatic heterocycles. The molecule has 0 saturated heterocycles. The van der Waals surface area contributed by atoms with Gasteiger partial charge in [0.05, 0.1) is 0 Å². The predicted octanol–water partition coefficient (Wildman–Crippen LogP) is 2.73. The minimum Gasteiger partial charge on any atom is -0.478 e. The van der Waals surface area contributed by atoms with E-state index in [1.54, 1.807) is 0 Å². The largest absolute Gasteiger partial charge is 0.478 e. The van der Waals surface area contributed by atoms with E-state index in [9.17, 15) is 13.6 Å². The van der Waals surface area contributed by atoms with Gasteiger partial charge < -0.3 is 5.11 Å². The molecule has 1 aromatic rings. The van der Waals surface area contributed by atoms with E-state index in [1.165, 1.54) is 6.92 Å². The monoisotopic (exact) mass is 250 g/mol. The molecular formula is C8H5BrF2O2. The molecule has 2 nitrogen and oxygen atoms in total. The average Bonchev–Trinajstić information content (AvgIpc) is 2.01. The summed E-state index contributed by atoms with van der Waals surface area (Å²) in [6.45, 7) is 1.49. The molecule has 0 bridgehead atoms. The smallest absolute Gasteiger partial charge is 0.339 e. The highest BCUT2D eigenvalue weighted by Gasteiger charge is 2.20. The quantitative estimate of drug-likeness (QED) is 0.779. The van der Waals surface area contributed by atoms with Crippen LogP contribution in [0.4, 0.5) is 8.78 Å². The van der Waals surface area contributed by atoms with Gasteiger partial charge >= 0.3 is 5.97 Å². The Morgan fingerprint density at radius 3 is 2.54 bits per heavy atom. The van der Waals surface area contributed by atoms with Crippen LogP contribution < -0.4 is 0 Å². The van der Waals surface area contributed by atoms with Crippen molar-refractivity contribution in [3.63, 3.8) is 0 Å². The van der Waals surface area contributed by atoms with Gasteiger partial charge in [-0.3, -0.25) is 0 Å². The maximum atomic E-state index is 12.9. The molecule has 0 aliphatic heterocycles. The number of benzene rings is 1. The van der Waals surface area contributed by atoms with E-state index in [4.69, 9.17) is 5.11 Å². The molecule has 0 atom stereocenters. The number of halogens is 3. The number of hydrogen-bond donors (Lipinski definition) is 1. The van der Waals surface area contributed by atoms with Crippen molar-refractivity contribution in [3.05, 3.63) is 33.3 Å². The van der Waals surface area contributed by atoms with Gasteiger partial charge in [-0.15, -0.1) is 0 Å². The second kappa shape index (κ2) is 3.41. The number of rotatable bonds is 1. The third-order valence-corrected chi connectivity index (χ3v) is 2.57. The number of hydrogen-bond acceptors (Lipinski definition) is 1. The summed E-state index contributed by atoms with van der Waals surface area (Å²) in [5.74, 6) is -3.99. The van der Waals surface area contributed by atoms with Crippen molar-refractivity contribution < 1.29 is 18.7 Å². The lowest BCUT2D eigenvalue weighted by molar-refractivity contribution is 0.0689. The molecular weight excluding hydrogens is 246 g/mol. The van der Waals surface area contributed by atoms with Gasteiger partial charge in [0.15, 0.2) is 11.6 Å². The van der Waals surface area contributed by atoms with Crippen molar-refractivity contribution in [2.75, 3.05) is 0 Å². The molecule has 13 heavy (non-hydrogen) atoms. The van der Waals surface area contributed by atoms with E-state index in [1.807, 2.05) is 0 Å². The van der Waals surface area contributed by atoms with E-state index in [-0.39, 0.29) is 4.47 Å². The maximum absolute atomic E-state index is 12.9. The third kappa shape index (κ3) is 1.70. The Morgan fingerprint density at radius 2 is 2.08 bits per heavy atom. The number of carboxylic acid groups (broad SMARTS) is 1. The molecule has 0 aliphatic carbocycles. The minimum absolute atomic E-state index is 0.0684. The highest BCUT2D eigenvalue weighted by atomic mass is 79.9. The van der Waals surface area contributed by atoms with Gasteiger partial charge in [-0.25, -0.2) is 13.6 Å². The first-order chi connectivity index (χ1) is 5.95. The Morgan fingerprint density at radius 1 is 1.54 bits per heavy atom. The van der Waals surface area contributed by atoms with Gasteiger partial charge in [0.2, 0.25) is 0 Å². The molecule has 0 radical (unpaired) electrons. The first kappa shape index (κ1) is 10.1. The van der Waals surface area contributed by atoms with Crippen molar-refractivity contribution in [1.82, 2.24) is 0 Å². The zero-order chi connectivity index (χ0) is 10.2. The second-order valence-corrected chi connectivity index (χ2v) is 3.28. The van der Waals surface area contributed by atoms with Crippen molar-refractivity contribution in [2.24, 2.45) is 0 Å². The Balaban J connectivity index is 3.56. The lowest BCUT2D eigenvalue weighted by atomic mass is 10.1. The van der Waals surface area contributed by atoms with Crippen LogP contribution in [0.3, 0.4) is 0 Å². The van der Waals surface area contributed by atoms with Crippen molar-refractivity contribution >= 4 is 21.9 Å². The Labute approximate surface area is 81.3 Å². The molecule has 70 valence electrons. The van der Waals surface area contributed by atoms with Crippen molar-refractivity contribution in [1.29, 1.82) is 0 Å². The van der Waals surface area contributed by atoms with Crippen molar-refractivity contribution in [3.8, 4) is 0 Å². The zero-order valence-corrected chi connectivity index (χ0v) is 8.15. The SMILES string of the molecule is Cc1cc(F)c(F)c(C(=O)O)c1Br. The van der Waals surface area contributed by atoms with Crippen LogP contribution in [0.15, 0.2) is 10.5 Å². The minimum atomic E-state index is -1.49. The summed E-state index contributed by atoms with van der Waals surface area (Å²) in [6.07, 6.45) is 0. The van der Waals surface area contributed by atoms with E-state index in [0.717, 1.165) is 6.07 Å². The molecule has 5 heteroatoms. The van der Waals surface area contributed by atoms with Gasteiger partial charge in [-0.1, -0.05) is 0 Å². The molecule has 0 heterocycles. The molecule has 0 spiro atoms. The predicted molar refractivity (Wildman–Crippen MR) is 45.8 cm³/mol. The molecule has 0 saturated carbocycles. The molecule has 0 fully saturated rings. The first-order valence-electron chi connectivity index (χ1n) is 3.32. The number of carbonyl (C=O) groups is 1. The van der Waals surface area contributed by atoms with Gasteiger partial charge in [0.25, 0.3) is 0 Å². The molecule has 0 aliphatic rings. The maximum Gasteiger partial charge on any atom is 0.339 e. The highest BCUT2D eigenvalue weighted by Crippen LogP contribution is 2.25. The summed E-state index contributed by atoms with van der Waals surface area (Å²) < 4.78 is 25.7. The van der Waals surface area contributed by atoms with E-state index >= 15 is 0 Å². The fourth-order valence-corrected chi connectivity index (χ4v) is 1.38. The summed E-state index contributed by atoms with van der Waals surface area (Å²) in [7, 11) is 0. The van der Waals surface area contributed by atoms with Crippen molar-refractivity contribution in [2.45, 2.75) is 6.92 Å². The van der Waals surface area contributed by atoms with E-state index in [2.05, 4.69) is 15.9 Å². The molecule has 1 aromatic carbocycles. The summed E-state index contributed by atoms with van der Waals surface area (Å²) in [5, 5.41) is 8.56. The van der Waals surface area contributed by atoms with Gasteiger partial charge in [0.1, 0.15) is 5.56 Å². The zero-order valence-electron chi connectivity index (χ0n) is 6.57. The highest BCUT2D eigenvalue weighted by molar-refractivity contribution is 9.10. The topological polar surface area (TPSA) is 37.3 Å². The first-order valence-corrected chi connectivity index (χ1v) is 4.12. The molecule has 0 unspecified atom stereocenters. The van der Waals surface area contributed by atoms with Crippen LogP contribution in [-0.4, -0.2) is 11.1 Å². The Bertz CT molecular complexity index is 351. The average molecular weight is 251 g/mol. The standard InChI is InChI=1S/C8H5BrF2O2/c1-3-2-4(10)7(11)5(6(3)9)8(12)13/h2H,1H3,(H,12,13). The fraction of sp³-hybridized carbons (Fsp3) is 0.125. The van der Waals surface area contributed by atoms with Crippen LogP contribution in [0.1, 0.15) is 15.9 Å². The van der Waals surface area contributed by atoms with Crippen LogP contribution in [0, 0.1) is 18.6 Å². The number of aryl methyl sites for hydroxylation is 1. The summed E-state index contributed by atoms with van der Waals surface area (Å²) in [4.78, 5) is 10.5. The van der Waals surface area contributed by atoms with E-state index < -0.39 is 23.2 Å². The summed E-state index contributed by atoms with van der Waals surface area (Å²) >= 11 is 2.88. The number of carboxylic acids is 1. The van der Waals surface area contributed by atoms with Crippen LogP contribution in [0.5, 0.6) is 0 Å². The normalized spacial score (nSPS) is 10.2. The van der Waals surface area contributed by atoms with Gasteiger partial charge in [-0.05, 0) is 34.5 Å².